The summed E-state index contributed by atoms with van der Waals surface area (Å²) in [5.74, 6) is 1.24. The highest BCUT2D eigenvalue weighted by molar-refractivity contribution is 6.30. The summed E-state index contributed by atoms with van der Waals surface area (Å²) in [6.45, 7) is 4.79. The second-order valence-corrected chi connectivity index (χ2v) is 8.88. The molecule has 176 valence electrons. The summed E-state index contributed by atoms with van der Waals surface area (Å²) in [5, 5.41) is 7.20. The van der Waals surface area contributed by atoms with Crippen LogP contribution in [-0.2, 0) is 9.59 Å². The maximum Gasteiger partial charge on any atom is 0.227 e. The fraction of sp³-hybridized carbons (Fsp3) is 0.259. The van der Waals surface area contributed by atoms with Crippen LogP contribution in [0.3, 0.4) is 0 Å². The van der Waals surface area contributed by atoms with Gasteiger partial charge >= 0.3 is 0 Å². The van der Waals surface area contributed by atoms with Crippen LogP contribution in [0.5, 0.6) is 11.5 Å². The first-order valence-electron chi connectivity index (χ1n) is 11.4. The molecule has 0 bridgehead atoms. The van der Waals surface area contributed by atoms with Crippen molar-refractivity contribution in [3.8, 4) is 11.5 Å². The molecule has 3 aromatic carbocycles. The first kappa shape index (κ1) is 23.6. The standard InChI is InChI=1S/C27H28ClN3O3/c1-18-6-5-8-24(30-27(33)20-14-16-31(17-15-20)19(2)32)26(18)29-23-7-3-4-9-25(23)34-22-12-10-21(28)11-13-22/h3-13,20,29H,14-17H2,1-2H3,(H,30,33). The first-order valence-corrected chi connectivity index (χ1v) is 11.7. The molecule has 1 fully saturated rings. The number of carbonyl (C=O) groups is 2. The van der Waals surface area contributed by atoms with Crippen molar-refractivity contribution >= 4 is 40.5 Å². The molecule has 3 aromatic rings. The fourth-order valence-electron chi connectivity index (χ4n) is 4.05. The van der Waals surface area contributed by atoms with E-state index in [9.17, 15) is 9.59 Å². The van der Waals surface area contributed by atoms with E-state index in [0.29, 0.717) is 48.1 Å². The van der Waals surface area contributed by atoms with E-state index in [2.05, 4.69) is 10.6 Å². The van der Waals surface area contributed by atoms with Crippen LogP contribution >= 0.6 is 11.6 Å². The number of aryl methyl sites for hydroxylation is 1. The molecule has 1 saturated heterocycles. The highest BCUT2D eigenvalue weighted by atomic mass is 35.5. The van der Waals surface area contributed by atoms with Crippen LogP contribution in [0.25, 0.3) is 0 Å². The Labute approximate surface area is 204 Å². The Bertz CT molecular complexity index is 1170. The molecule has 0 aliphatic carbocycles. The summed E-state index contributed by atoms with van der Waals surface area (Å²) in [6, 6.07) is 20.6. The third kappa shape index (κ3) is 5.69. The maximum absolute atomic E-state index is 13.0. The minimum absolute atomic E-state index is 0.0254. The van der Waals surface area contributed by atoms with Gasteiger partial charge < -0.3 is 20.3 Å². The average molecular weight is 478 g/mol. The molecule has 1 aliphatic rings. The Morgan fingerprint density at radius 3 is 2.32 bits per heavy atom. The van der Waals surface area contributed by atoms with E-state index < -0.39 is 0 Å². The molecule has 0 aromatic heterocycles. The summed E-state index contributed by atoms with van der Waals surface area (Å²) < 4.78 is 6.08. The van der Waals surface area contributed by atoms with Gasteiger partial charge in [0.25, 0.3) is 0 Å². The zero-order valence-corrected chi connectivity index (χ0v) is 20.1. The Morgan fingerprint density at radius 2 is 1.62 bits per heavy atom. The third-order valence-corrected chi connectivity index (χ3v) is 6.28. The van der Waals surface area contributed by atoms with E-state index in [1.54, 1.807) is 24.0 Å². The van der Waals surface area contributed by atoms with Crippen LogP contribution in [0, 0.1) is 12.8 Å². The number of ether oxygens (including phenoxy) is 1. The number of nitrogens with one attached hydrogen (secondary N) is 2. The first-order chi connectivity index (χ1) is 16.4. The molecule has 0 spiro atoms. The lowest BCUT2D eigenvalue weighted by Crippen LogP contribution is -2.40. The van der Waals surface area contributed by atoms with Crippen molar-refractivity contribution in [1.82, 2.24) is 4.90 Å². The van der Waals surface area contributed by atoms with E-state index >= 15 is 0 Å². The van der Waals surface area contributed by atoms with Crippen molar-refractivity contribution < 1.29 is 14.3 Å². The van der Waals surface area contributed by atoms with E-state index in [1.165, 1.54) is 0 Å². The highest BCUT2D eigenvalue weighted by Gasteiger charge is 2.26. The van der Waals surface area contributed by atoms with Gasteiger partial charge in [0.05, 0.1) is 17.1 Å². The maximum atomic E-state index is 13.0. The Kier molecular flexibility index (Phi) is 7.38. The van der Waals surface area contributed by atoms with E-state index in [0.717, 1.165) is 16.9 Å². The highest BCUT2D eigenvalue weighted by Crippen LogP contribution is 2.36. The SMILES string of the molecule is CC(=O)N1CCC(C(=O)Nc2cccc(C)c2Nc2ccccc2Oc2ccc(Cl)cc2)CC1. The lowest BCUT2D eigenvalue weighted by molar-refractivity contribution is -0.132. The van der Waals surface area contributed by atoms with Crippen molar-refractivity contribution in [2.24, 2.45) is 5.92 Å². The summed E-state index contributed by atoms with van der Waals surface area (Å²) in [6.07, 6.45) is 1.33. The molecule has 6 nitrogen and oxygen atoms in total. The number of carbonyl (C=O) groups excluding carboxylic acids is 2. The summed E-state index contributed by atoms with van der Waals surface area (Å²) in [4.78, 5) is 26.4. The third-order valence-electron chi connectivity index (χ3n) is 6.03. The Morgan fingerprint density at radius 1 is 0.941 bits per heavy atom. The largest absolute Gasteiger partial charge is 0.455 e. The molecule has 0 saturated carbocycles. The monoisotopic (exact) mass is 477 g/mol. The Balaban J connectivity index is 1.51. The number of benzene rings is 3. The number of likely N-dealkylation sites (tertiary alicyclic amines) is 1. The van der Waals surface area contributed by atoms with Crippen LogP contribution in [0.1, 0.15) is 25.3 Å². The molecule has 2 amide bonds. The van der Waals surface area contributed by atoms with Crippen molar-refractivity contribution in [3.05, 3.63) is 77.3 Å². The molecule has 1 heterocycles. The predicted molar refractivity (Wildman–Crippen MR) is 136 cm³/mol. The molecular formula is C27H28ClN3O3. The van der Waals surface area contributed by atoms with Gasteiger partial charge in [-0.3, -0.25) is 9.59 Å². The van der Waals surface area contributed by atoms with Gasteiger partial charge in [-0.1, -0.05) is 35.9 Å². The zero-order chi connectivity index (χ0) is 24.1. The van der Waals surface area contributed by atoms with Gasteiger partial charge in [0.1, 0.15) is 5.75 Å². The molecule has 34 heavy (non-hydrogen) atoms. The number of amides is 2. The van der Waals surface area contributed by atoms with Crippen molar-refractivity contribution in [2.75, 3.05) is 23.7 Å². The molecule has 2 N–H and O–H groups in total. The van der Waals surface area contributed by atoms with Gasteiger partial charge in [0, 0.05) is 31.0 Å². The van der Waals surface area contributed by atoms with Crippen LogP contribution in [0.2, 0.25) is 5.02 Å². The van der Waals surface area contributed by atoms with Gasteiger partial charge in [0.2, 0.25) is 11.8 Å². The number of hydrogen-bond donors (Lipinski definition) is 2. The van der Waals surface area contributed by atoms with Gasteiger partial charge in [-0.2, -0.15) is 0 Å². The van der Waals surface area contributed by atoms with Crippen molar-refractivity contribution in [2.45, 2.75) is 26.7 Å². The molecular weight excluding hydrogens is 450 g/mol. The van der Waals surface area contributed by atoms with Crippen LogP contribution < -0.4 is 15.4 Å². The van der Waals surface area contributed by atoms with Crippen LogP contribution in [0.15, 0.2) is 66.7 Å². The average Bonchev–Trinajstić information content (AvgIpc) is 2.83. The quantitative estimate of drug-likeness (QED) is 0.432. The minimum atomic E-state index is -0.121. The lowest BCUT2D eigenvalue weighted by atomic mass is 9.95. The predicted octanol–water partition coefficient (Wildman–Crippen LogP) is 6.38. The second-order valence-electron chi connectivity index (χ2n) is 8.44. The summed E-state index contributed by atoms with van der Waals surface area (Å²) in [7, 11) is 0. The molecule has 0 radical (unpaired) electrons. The molecule has 1 aliphatic heterocycles. The summed E-state index contributed by atoms with van der Waals surface area (Å²) in [5.41, 5.74) is 3.28. The minimum Gasteiger partial charge on any atom is -0.455 e. The van der Waals surface area contributed by atoms with Gasteiger partial charge in [-0.15, -0.1) is 0 Å². The number of nitrogens with zero attached hydrogens (tertiary/aromatic N) is 1. The fourth-order valence-corrected chi connectivity index (χ4v) is 4.18. The van der Waals surface area contributed by atoms with E-state index in [-0.39, 0.29) is 17.7 Å². The number of para-hydroxylation sites is 3. The normalized spacial score (nSPS) is 13.9. The van der Waals surface area contributed by atoms with E-state index in [4.69, 9.17) is 16.3 Å². The van der Waals surface area contributed by atoms with Gasteiger partial charge in [-0.25, -0.2) is 0 Å². The van der Waals surface area contributed by atoms with Gasteiger partial charge in [-0.05, 0) is 67.8 Å². The number of rotatable bonds is 6. The van der Waals surface area contributed by atoms with E-state index in [1.807, 2.05) is 61.5 Å². The van der Waals surface area contributed by atoms with Crippen molar-refractivity contribution in [3.63, 3.8) is 0 Å². The molecule has 0 unspecified atom stereocenters. The molecule has 0 atom stereocenters. The Hall–Kier alpha value is -3.51. The van der Waals surface area contributed by atoms with Crippen LogP contribution in [0.4, 0.5) is 17.1 Å². The number of halogens is 1. The van der Waals surface area contributed by atoms with Crippen molar-refractivity contribution in [1.29, 1.82) is 0 Å². The van der Waals surface area contributed by atoms with Crippen LogP contribution in [-0.4, -0.2) is 29.8 Å². The zero-order valence-electron chi connectivity index (χ0n) is 19.3. The smallest absolute Gasteiger partial charge is 0.227 e. The van der Waals surface area contributed by atoms with Gasteiger partial charge in [0.15, 0.2) is 5.75 Å². The summed E-state index contributed by atoms with van der Waals surface area (Å²) >= 11 is 5.99. The topological polar surface area (TPSA) is 70.7 Å². The number of anilines is 3. The second kappa shape index (κ2) is 10.6. The lowest BCUT2D eigenvalue weighted by Gasteiger charge is -2.30. The number of piperidine rings is 1. The number of hydrogen-bond acceptors (Lipinski definition) is 4. The molecule has 4 rings (SSSR count). The molecule has 7 heteroatoms.